The monoisotopic (exact) mass is 493 g/mol. The molecule has 0 radical (unpaired) electrons. The number of carbonyl (C=O) groups is 3. The minimum absolute atomic E-state index is 0.288. The number of hydrogen-bond donors (Lipinski definition) is 1. The van der Waals surface area contributed by atoms with Gasteiger partial charge in [0.25, 0.3) is 11.1 Å². The highest BCUT2D eigenvalue weighted by Crippen LogP contribution is 2.34. The lowest BCUT2D eigenvalue weighted by Gasteiger charge is -2.13. The Morgan fingerprint density at radius 2 is 1.79 bits per heavy atom. The molecule has 2 aromatic carbocycles. The van der Waals surface area contributed by atoms with Crippen molar-refractivity contribution >= 4 is 52.2 Å². The molecule has 0 unspecified atom stereocenters. The highest BCUT2D eigenvalue weighted by molar-refractivity contribution is 8.18. The summed E-state index contributed by atoms with van der Waals surface area (Å²) in [5.41, 5.74) is 6.26. The molecular weight excluding hydrogens is 470 g/mol. The smallest absolute Gasteiger partial charge is 0.294 e. The number of nitrogens with zero attached hydrogens (tertiary/aromatic N) is 2. The van der Waals surface area contributed by atoms with Gasteiger partial charge in [-0.15, -0.1) is 0 Å². The van der Waals surface area contributed by atoms with Gasteiger partial charge in [-0.2, -0.15) is 0 Å². The Hall–Kier alpha value is -3.29. The van der Waals surface area contributed by atoms with Crippen LogP contribution in [-0.4, -0.2) is 33.1 Å². The van der Waals surface area contributed by atoms with Gasteiger partial charge >= 0.3 is 0 Å². The van der Waals surface area contributed by atoms with E-state index in [1.165, 1.54) is 0 Å². The van der Waals surface area contributed by atoms with Crippen molar-refractivity contribution in [3.63, 3.8) is 0 Å². The summed E-state index contributed by atoms with van der Waals surface area (Å²) in [5.74, 6) is -0.901. The van der Waals surface area contributed by atoms with Crippen LogP contribution >= 0.6 is 23.4 Å². The molecule has 2 heterocycles. The number of carbonyl (C=O) groups excluding carboxylic acids is 3. The molecule has 0 aliphatic carbocycles. The second-order valence-corrected chi connectivity index (χ2v) is 9.63. The first-order valence-corrected chi connectivity index (χ1v) is 11.9. The predicted molar refractivity (Wildman–Crippen MR) is 137 cm³/mol. The number of anilines is 1. The molecular formula is C26H24ClN3O3S. The van der Waals surface area contributed by atoms with Crippen LogP contribution in [0.15, 0.2) is 53.4 Å². The van der Waals surface area contributed by atoms with Crippen LogP contribution < -0.4 is 5.32 Å². The molecule has 1 N–H and O–H groups in total. The fourth-order valence-corrected chi connectivity index (χ4v) is 4.99. The summed E-state index contributed by atoms with van der Waals surface area (Å²) in [6, 6.07) is 15.0. The lowest BCUT2D eigenvalue weighted by molar-refractivity contribution is -0.127. The van der Waals surface area contributed by atoms with Gasteiger partial charge in [0.1, 0.15) is 6.54 Å². The van der Waals surface area contributed by atoms with Crippen LogP contribution in [0.25, 0.3) is 11.8 Å². The number of hydrogen-bond acceptors (Lipinski definition) is 4. The third-order valence-corrected chi connectivity index (χ3v) is 7.03. The summed E-state index contributed by atoms with van der Waals surface area (Å²) >= 11 is 7.16. The van der Waals surface area contributed by atoms with E-state index in [9.17, 15) is 14.4 Å². The zero-order valence-electron chi connectivity index (χ0n) is 19.3. The van der Waals surface area contributed by atoms with E-state index in [0.717, 1.165) is 50.4 Å². The van der Waals surface area contributed by atoms with Gasteiger partial charge in [-0.25, -0.2) is 0 Å². The normalized spacial score (nSPS) is 14.9. The Bertz CT molecular complexity index is 1360. The summed E-state index contributed by atoms with van der Waals surface area (Å²) in [5, 5.41) is 2.95. The van der Waals surface area contributed by atoms with E-state index in [-0.39, 0.29) is 11.4 Å². The van der Waals surface area contributed by atoms with Crippen molar-refractivity contribution in [2.45, 2.75) is 27.7 Å². The molecule has 0 saturated carbocycles. The van der Waals surface area contributed by atoms with Crippen LogP contribution in [0.4, 0.5) is 10.5 Å². The van der Waals surface area contributed by atoms with E-state index in [1.54, 1.807) is 12.1 Å². The van der Waals surface area contributed by atoms with Crippen LogP contribution in [-0.2, 0) is 9.59 Å². The van der Waals surface area contributed by atoms with E-state index >= 15 is 0 Å². The Labute approximate surface area is 207 Å². The highest BCUT2D eigenvalue weighted by atomic mass is 35.5. The first-order chi connectivity index (χ1) is 16.2. The summed E-state index contributed by atoms with van der Waals surface area (Å²) < 4.78 is 2.08. The number of imide groups is 1. The molecule has 34 heavy (non-hydrogen) atoms. The maximum absolute atomic E-state index is 12.9. The number of amides is 3. The fourth-order valence-electron chi connectivity index (χ4n) is 3.99. The number of halogens is 1. The molecule has 3 amide bonds. The van der Waals surface area contributed by atoms with Crippen molar-refractivity contribution in [3.05, 3.63) is 86.5 Å². The number of aryl methyl sites for hydroxylation is 2. The molecule has 6 nitrogen and oxygen atoms in total. The molecule has 0 spiro atoms. The van der Waals surface area contributed by atoms with Gasteiger partial charge in [0.2, 0.25) is 5.91 Å². The second kappa shape index (κ2) is 9.52. The van der Waals surface area contributed by atoms with Crippen molar-refractivity contribution in [3.8, 4) is 5.69 Å². The lowest BCUT2D eigenvalue weighted by Crippen LogP contribution is -2.36. The maximum Gasteiger partial charge on any atom is 0.294 e. The molecule has 174 valence electrons. The van der Waals surface area contributed by atoms with Gasteiger partial charge in [-0.05, 0) is 92.6 Å². The Kier molecular flexibility index (Phi) is 6.68. The van der Waals surface area contributed by atoms with E-state index < -0.39 is 17.1 Å². The molecule has 4 rings (SSSR count). The van der Waals surface area contributed by atoms with Crippen LogP contribution in [0, 0.1) is 27.7 Å². The summed E-state index contributed by atoms with van der Waals surface area (Å²) in [6.07, 6.45) is 1.71. The van der Waals surface area contributed by atoms with Crippen molar-refractivity contribution < 1.29 is 14.4 Å². The summed E-state index contributed by atoms with van der Waals surface area (Å²) in [7, 11) is 0. The van der Waals surface area contributed by atoms with Crippen molar-refractivity contribution in [2.24, 2.45) is 0 Å². The number of thioether (sulfide) groups is 1. The SMILES string of the molecule is Cc1cccc(NC(=O)CN2C(=O)S/C(=C\c3cc(C)n(-c4cccc(Cl)c4C)c3C)C2=O)c1. The second-order valence-electron chi connectivity index (χ2n) is 8.23. The van der Waals surface area contributed by atoms with Gasteiger partial charge in [0.05, 0.1) is 4.91 Å². The van der Waals surface area contributed by atoms with Gasteiger partial charge in [0, 0.05) is 27.8 Å². The molecule has 3 aromatic rings. The van der Waals surface area contributed by atoms with E-state index in [2.05, 4.69) is 9.88 Å². The molecule has 1 fully saturated rings. The minimum Gasteiger partial charge on any atom is -0.325 e. The maximum atomic E-state index is 12.9. The molecule has 0 atom stereocenters. The molecule has 1 saturated heterocycles. The minimum atomic E-state index is -0.474. The average molecular weight is 494 g/mol. The van der Waals surface area contributed by atoms with Gasteiger partial charge in [0.15, 0.2) is 0 Å². The number of aromatic nitrogens is 1. The molecule has 1 aliphatic heterocycles. The number of rotatable bonds is 5. The van der Waals surface area contributed by atoms with Crippen LogP contribution in [0.1, 0.15) is 28.1 Å². The zero-order chi connectivity index (χ0) is 24.6. The number of benzene rings is 2. The third-order valence-electron chi connectivity index (χ3n) is 5.71. The largest absolute Gasteiger partial charge is 0.325 e. The average Bonchev–Trinajstić information content (AvgIpc) is 3.19. The summed E-state index contributed by atoms with van der Waals surface area (Å²) in [6.45, 7) is 7.48. The molecule has 0 bridgehead atoms. The number of nitrogens with one attached hydrogen (secondary N) is 1. The quantitative estimate of drug-likeness (QED) is 0.440. The van der Waals surface area contributed by atoms with Crippen molar-refractivity contribution in [2.75, 3.05) is 11.9 Å². The third kappa shape index (κ3) is 4.67. The standard InChI is InChI=1S/C26H24ClN3O3S/c1-15-7-5-8-20(11-15)28-24(31)14-29-25(32)23(34-26(29)33)13-19-12-16(2)30(18(19)4)22-10-6-9-21(27)17(22)3/h5-13H,14H2,1-4H3,(H,28,31)/b23-13-. The predicted octanol–water partition coefficient (Wildman–Crippen LogP) is 6.04. The topological polar surface area (TPSA) is 71.4 Å². The van der Waals surface area contributed by atoms with Gasteiger partial charge in [-0.1, -0.05) is 29.8 Å². The van der Waals surface area contributed by atoms with Gasteiger partial charge < -0.3 is 9.88 Å². The van der Waals surface area contributed by atoms with Crippen molar-refractivity contribution in [1.29, 1.82) is 0 Å². The fraction of sp³-hybridized carbons (Fsp3) is 0.192. The van der Waals surface area contributed by atoms with Crippen LogP contribution in [0.2, 0.25) is 5.02 Å². The van der Waals surface area contributed by atoms with E-state index in [0.29, 0.717) is 10.7 Å². The van der Waals surface area contributed by atoms with E-state index in [4.69, 9.17) is 11.6 Å². The Morgan fingerprint density at radius 3 is 2.53 bits per heavy atom. The lowest BCUT2D eigenvalue weighted by atomic mass is 10.2. The van der Waals surface area contributed by atoms with Crippen LogP contribution in [0.5, 0.6) is 0 Å². The molecule has 8 heteroatoms. The molecule has 1 aromatic heterocycles. The van der Waals surface area contributed by atoms with Crippen LogP contribution in [0.3, 0.4) is 0 Å². The highest BCUT2D eigenvalue weighted by Gasteiger charge is 2.36. The van der Waals surface area contributed by atoms with E-state index in [1.807, 2.05) is 70.2 Å². The van der Waals surface area contributed by atoms with Gasteiger partial charge in [-0.3, -0.25) is 19.3 Å². The Morgan fingerprint density at radius 1 is 1.06 bits per heavy atom. The first kappa shape index (κ1) is 23.9. The first-order valence-electron chi connectivity index (χ1n) is 10.7. The zero-order valence-corrected chi connectivity index (χ0v) is 20.9. The summed E-state index contributed by atoms with van der Waals surface area (Å²) in [4.78, 5) is 39.2. The molecule has 1 aliphatic rings. The Balaban J connectivity index is 1.56. The van der Waals surface area contributed by atoms with Crippen molar-refractivity contribution in [1.82, 2.24) is 9.47 Å².